The third kappa shape index (κ3) is 4.91. The molecule has 1 aliphatic rings. The number of hydrogen-bond acceptors (Lipinski definition) is 4. The van der Waals surface area contributed by atoms with E-state index in [1.807, 2.05) is 19.9 Å². The Morgan fingerprint density at radius 3 is 2.85 bits per heavy atom. The average Bonchev–Trinajstić information content (AvgIpc) is 3.05. The normalized spacial score (nSPS) is 20.3. The van der Waals surface area contributed by atoms with E-state index >= 15 is 0 Å². The topological polar surface area (TPSA) is 67.2 Å². The van der Waals surface area contributed by atoms with Gasteiger partial charge in [0.25, 0.3) is 0 Å². The third-order valence-electron chi connectivity index (χ3n) is 4.82. The van der Waals surface area contributed by atoms with Gasteiger partial charge in [-0.2, -0.15) is 0 Å². The van der Waals surface area contributed by atoms with Crippen LogP contribution in [0, 0.1) is 17.7 Å². The minimum absolute atomic E-state index is 0.115. The summed E-state index contributed by atoms with van der Waals surface area (Å²) in [4.78, 5) is 12.1. The molecule has 0 saturated carbocycles. The Morgan fingerprint density at radius 1 is 1.35 bits per heavy atom. The van der Waals surface area contributed by atoms with Crippen molar-refractivity contribution in [1.29, 1.82) is 0 Å². The molecular formula is C20H26FN3O2. The maximum atomic E-state index is 13.1. The summed E-state index contributed by atoms with van der Waals surface area (Å²) in [5.74, 6) is 1.15. The number of nitrogens with one attached hydrogen (secondary N) is 2. The average molecular weight is 359 g/mol. The van der Waals surface area contributed by atoms with Crippen LogP contribution < -0.4 is 10.6 Å². The Bertz CT molecular complexity index is 727. The van der Waals surface area contributed by atoms with Gasteiger partial charge in [-0.1, -0.05) is 5.16 Å². The fourth-order valence-electron chi connectivity index (χ4n) is 3.53. The molecule has 1 fully saturated rings. The highest BCUT2D eigenvalue weighted by molar-refractivity contribution is 5.76. The Labute approximate surface area is 153 Å². The second-order valence-electron chi connectivity index (χ2n) is 7.33. The van der Waals surface area contributed by atoms with Crippen molar-refractivity contribution in [2.75, 3.05) is 13.1 Å². The summed E-state index contributed by atoms with van der Waals surface area (Å²) in [6.07, 6.45) is 2.30. The molecule has 1 aromatic carbocycles. The molecule has 0 aliphatic carbocycles. The summed E-state index contributed by atoms with van der Waals surface area (Å²) in [7, 11) is 0. The first kappa shape index (κ1) is 18.6. The zero-order chi connectivity index (χ0) is 18.5. The summed E-state index contributed by atoms with van der Waals surface area (Å²) < 4.78 is 18.5. The lowest BCUT2D eigenvalue weighted by Crippen LogP contribution is -2.41. The maximum absolute atomic E-state index is 13.1. The molecule has 1 aliphatic heterocycles. The molecule has 5 nitrogen and oxygen atoms in total. The molecule has 1 aromatic heterocycles. The van der Waals surface area contributed by atoms with E-state index in [0.29, 0.717) is 24.0 Å². The molecule has 140 valence electrons. The zero-order valence-corrected chi connectivity index (χ0v) is 15.3. The standard InChI is InChI=1S/C20H26FN3O2/c1-13(2)23-20(25)10-15-7-8-22-12-16(15)9-18-11-19(26-24-18)14-3-5-17(21)6-4-14/h3-6,11,13,15-16,22H,7-10,12H2,1-2H3,(H,23,25). The van der Waals surface area contributed by atoms with Gasteiger partial charge in [0.1, 0.15) is 5.82 Å². The molecule has 0 radical (unpaired) electrons. The zero-order valence-electron chi connectivity index (χ0n) is 15.3. The van der Waals surface area contributed by atoms with E-state index in [1.54, 1.807) is 12.1 Å². The van der Waals surface area contributed by atoms with E-state index in [9.17, 15) is 9.18 Å². The summed E-state index contributed by atoms with van der Waals surface area (Å²) >= 11 is 0. The number of aromatic nitrogens is 1. The first-order chi connectivity index (χ1) is 12.5. The largest absolute Gasteiger partial charge is 0.356 e. The van der Waals surface area contributed by atoms with Gasteiger partial charge in [0.15, 0.2) is 5.76 Å². The monoisotopic (exact) mass is 359 g/mol. The highest BCUT2D eigenvalue weighted by atomic mass is 19.1. The fourth-order valence-corrected chi connectivity index (χ4v) is 3.53. The van der Waals surface area contributed by atoms with Crippen LogP contribution >= 0.6 is 0 Å². The van der Waals surface area contributed by atoms with Gasteiger partial charge in [-0.05, 0) is 75.9 Å². The minimum atomic E-state index is -0.274. The second kappa shape index (κ2) is 8.45. The van der Waals surface area contributed by atoms with Crippen molar-refractivity contribution >= 4 is 5.91 Å². The van der Waals surface area contributed by atoms with E-state index in [2.05, 4.69) is 15.8 Å². The number of benzene rings is 1. The van der Waals surface area contributed by atoms with Crippen molar-refractivity contribution in [3.63, 3.8) is 0 Å². The lowest BCUT2D eigenvalue weighted by Gasteiger charge is -2.31. The molecule has 26 heavy (non-hydrogen) atoms. The molecule has 6 heteroatoms. The predicted octanol–water partition coefficient (Wildman–Crippen LogP) is 3.16. The lowest BCUT2D eigenvalue weighted by atomic mass is 9.81. The number of rotatable bonds is 6. The van der Waals surface area contributed by atoms with E-state index < -0.39 is 0 Å². The van der Waals surface area contributed by atoms with Gasteiger partial charge in [0, 0.05) is 24.1 Å². The third-order valence-corrected chi connectivity index (χ3v) is 4.82. The molecule has 2 aromatic rings. The number of amides is 1. The minimum Gasteiger partial charge on any atom is -0.356 e. The first-order valence-electron chi connectivity index (χ1n) is 9.23. The Kier molecular flexibility index (Phi) is 6.04. The molecule has 2 N–H and O–H groups in total. The van der Waals surface area contributed by atoms with Crippen LogP contribution in [0.5, 0.6) is 0 Å². The van der Waals surface area contributed by atoms with Gasteiger partial charge in [-0.15, -0.1) is 0 Å². The molecule has 2 heterocycles. The number of nitrogens with zero attached hydrogens (tertiary/aromatic N) is 1. The molecule has 1 amide bonds. The number of piperidine rings is 1. The van der Waals surface area contributed by atoms with Crippen molar-refractivity contribution in [2.24, 2.45) is 11.8 Å². The van der Waals surface area contributed by atoms with Crippen molar-refractivity contribution in [2.45, 2.75) is 39.2 Å². The van der Waals surface area contributed by atoms with Gasteiger partial charge in [0.2, 0.25) is 5.91 Å². The molecular weight excluding hydrogens is 333 g/mol. The highest BCUT2D eigenvalue weighted by Crippen LogP contribution is 2.28. The number of carbonyl (C=O) groups is 1. The Morgan fingerprint density at radius 2 is 2.12 bits per heavy atom. The Balaban J connectivity index is 1.64. The fraction of sp³-hybridized carbons (Fsp3) is 0.500. The van der Waals surface area contributed by atoms with Crippen LogP contribution in [0.4, 0.5) is 4.39 Å². The SMILES string of the molecule is CC(C)NC(=O)CC1CCNCC1Cc1cc(-c2ccc(F)cc2)on1. The summed E-state index contributed by atoms with van der Waals surface area (Å²) in [5.41, 5.74) is 1.67. The number of hydrogen-bond donors (Lipinski definition) is 2. The quantitative estimate of drug-likeness (QED) is 0.831. The van der Waals surface area contributed by atoms with Crippen LogP contribution in [0.2, 0.25) is 0 Å². The van der Waals surface area contributed by atoms with Crippen LogP contribution in [0.25, 0.3) is 11.3 Å². The Hall–Kier alpha value is -2.21. The molecule has 0 bridgehead atoms. The lowest BCUT2D eigenvalue weighted by molar-refractivity contribution is -0.123. The molecule has 3 rings (SSSR count). The second-order valence-corrected chi connectivity index (χ2v) is 7.33. The van der Waals surface area contributed by atoms with Crippen molar-refractivity contribution in [3.8, 4) is 11.3 Å². The molecule has 2 atom stereocenters. The molecule has 2 unspecified atom stereocenters. The first-order valence-corrected chi connectivity index (χ1v) is 9.23. The summed E-state index contributed by atoms with van der Waals surface area (Å²) in [6, 6.07) is 8.25. The van der Waals surface area contributed by atoms with Crippen molar-refractivity contribution < 1.29 is 13.7 Å². The smallest absolute Gasteiger partial charge is 0.220 e. The highest BCUT2D eigenvalue weighted by Gasteiger charge is 2.28. The van der Waals surface area contributed by atoms with Gasteiger partial charge >= 0.3 is 0 Å². The predicted molar refractivity (Wildman–Crippen MR) is 98.0 cm³/mol. The van der Waals surface area contributed by atoms with Gasteiger partial charge in [-0.25, -0.2) is 4.39 Å². The van der Waals surface area contributed by atoms with E-state index in [4.69, 9.17) is 4.52 Å². The van der Waals surface area contributed by atoms with Gasteiger partial charge in [0.05, 0.1) is 5.69 Å². The van der Waals surface area contributed by atoms with Gasteiger partial charge in [-0.3, -0.25) is 4.79 Å². The van der Waals surface area contributed by atoms with Crippen LogP contribution in [-0.2, 0) is 11.2 Å². The molecule has 0 spiro atoms. The van der Waals surface area contributed by atoms with Crippen LogP contribution in [0.15, 0.2) is 34.9 Å². The number of carbonyl (C=O) groups excluding carboxylic acids is 1. The summed E-state index contributed by atoms with van der Waals surface area (Å²) in [5, 5.41) is 10.6. The number of halogens is 1. The van der Waals surface area contributed by atoms with Crippen LogP contribution in [-0.4, -0.2) is 30.2 Å². The van der Waals surface area contributed by atoms with E-state index in [0.717, 1.165) is 37.2 Å². The van der Waals surface area contributed by atoms with E-state index in [1.165, 1.54) is 12.1 Å². The van der Waals surface area contributed by atoms with Crippen molar-refractivity contribution in [3.05, 3.63) is 41.8 Å². The summed E-state index contributed by atoms with van der Waals surface area (Å²) in [6.45, 7) is 5.77. The molecule has 1 saturated heterocycles. The van der Waals surface area contributed by atoms with Crippen molar-refractivity contribution in [1.82, 2.24) is 15.8 Å². The van der Waals surface area contributed by atoms with Crippen LogP contribution in [0.1, 0.15) is 32.4 Å². The van der Waals surface area contributed by atoms with Crippen LogP contribution in [0.3, 0.4) is 0 Å². The van der Waals surface area contributed by atoms with Gasteiger partial charge < -0.3 is 15.2 Å². The maximum Gasteiger partial charge on any atom is 0.220 e. The van der Waals surface area contributed by atoms with E-state index in [-0.39, 0.29) is 17.8 Å².